The molecule has 1 heterocycles. The van der Waals surface area contributed by atoms with Crippen LogP contribution in [-0.4, -0.2) is 56.5 Å². The van der Waals surface area contributed by atoms with Crippen LogP contribution < -0.4 is 9.47 Å². The zero-order chi connectivity index (χ0) is 24.7. The van der Waals surface area contributed by atoms with Gasteiger partial charge in [-0.1, -0.05) is 37.3 Å². The van der Waals surface area contributed by atoms with Crippen LogP contribution in [0.3, 0.4) is 0 Å². The molecule has 0 aliphatic carbocycles. The van der Waals surface area contributed by atoms with Crippen molar-refractivity contribution < 1.29 is 28.5 Å². The lowest BCUT2D eigenvalue weighted by molar-refractivity contribution is 0.0888. The number of hydrogen-bond donors (Lipinski definition) is 2. The van der Waals surface area contributed by atoms with Gasteiger partial charge in [-0.2, -0.15) is 0 Å². The second kappa shape index (κ2) is 11.6. The van der Waals surface area contributed by atoms with E-state index >= 15 is 0 Å². The standard InChI is InChI=1S/C24H28ClF2N3O4/c1-24(2,17-5-8-23(22(27)9-17)34-14-19(31)10-25)16-3-6-21(7-4-16)33-15-20(32)13-30-12-18(11-26)28-29-30/h3-9,12,19-20,31-32H,10-11,13-15H2,1-2H3/t19-,20-/m0/s1/i26-1. The SMILES string of the molecule is CC(C)(c1ccc(OC[C@@H](O)Cn2cc(C[18F])nn2)cc1)c1ccc(OC[C@@H](O)CCl)c(F)c1. The molecule has 34 heavy (non-hydrogen) atoms. The van der Waals surface area contributed by atoms with Crippen molar-refractivity contribution in [1.29, 1.82) is 0 Å². The van der Waals surface area contributed by atoms with Crippen molar-refractivity contribution in [3.8, 4) is 11.5 Å². The normalized spacial score (nSPS) is 13.5. The average Bonchev–Trinajstić information content (AvgIpc) is 3.29. The van der Waals surface area contributed by atoms with Crippen molar-refractivity contribution in [3.63, 3.8) is 0 Å². The number of aliphatic hydroxyl groups is 2. The molecule has 0 aliphatic heterocycles. The molecule has 0 unspecified atom stereocenters. The van der Waals surface area contributed by atoms with Crippen LogP contribution in [0.1, 0.15) is 30.7 Å². The Morgan fingerprint density at radius 2 is 1.71 bits per heavy atom. The van der Waals surface area contributed by atoms with Gasteiger partial charge in [0.2, 0.25) is 0 Å². The van der Waals surface area contributed by atoms with Crippen LogP contribution >= 0.6 is 11.6 Å². The smallest absolute Gasteiger partial charge is 0.165 e. The van der Waals surface area contributed by atoms with Gasteiger partial charge in [-0.05, 0) is 35.4 Å². The number of hydrogen-bond acceptors (Lipinski definition) is 6. The molecule has 0 bridgehead atoms. The van der Waals surface area contributed by atoms with Crippen LogP contribution in [0.5, 0.6) is 11.5 Å². The average molecular weight is 495 g/mol. The molecular formula is C24H28ClF2N3O4. The highest BCUT2D eigenvalue weighted by molar-refractivity contribution is 6.18. The summed E-state index contributed by atoms with van der Waals surface area (Å²) >= 11 is 5.53. The van der Waals surface area contributed by atoms with E-state index in [0.29, 0.717) is 5.75 Å². The van der Waals surface area contributed by atoms with Gasteiger partial charge in [0.15, 0.2) is 11.6 Å². The van der Waals surface area contributed by atoms with Gasteiger partial charge in [0.1, 0.15) is 43.5 Å². The van der Waals surface area contributed by atoms with Gasteiger partial charge in [0.25, 0.3) is 0 Å². The van der Waals surface area contributed by atoms with E-state index in [9.17, 15) is 19.0 Å². The zero-order valence-corrected chi connectivity index (χ0v) is 19.8. The molecular weight excluding hydrogens is 467 g/mol. The molecule has 0 aliphatic rings. The summed E-state index contributed by atoms with van der Waals surface area (Å²) in [6.45, 7) is 3.31. The lowest BCUT2D eigenvalue weighted by atomic mass is 9.78. The van der Waals surface area contributed by atoms with E-state index in [-0.39, 0.29) is 37.1 Å². The highest BCUT2D eigenvalue weighted by Gasteiger charge is 2.25. The molecule has 0 saturated heterocycles. The van der Waals surface area contributed by atoms with Gasteiger partial charge < -0.3 is 19.7 Å². The third-order valence-corrected chi connectivity index (χ3v) is 5.76. The number of aliphatic hydroxyl groups excluding tert-OH is 2. The second-order valence-electron chi connectivity index (χ2n) is 8.44. The number of aromatic nitrogens is 3. The van der Waals surface area contributed by atoms with Gasteiger partial charge in [-0.3, -0.25) is 0 Å². The molecule has 3 rings (SSSR count). The Morgan fingerprint density at radius 1 is 1.03 bits per heavy atom. The highest BCUT2D eigenvalue weighted by atomic mass is 35.5. The Labute approximate surface area is 201 Å². The van der Waals surface area contributed by atoms with E-state index in [0.717, 1.165) is 11.1 Å². The topological polar surface area (TPSA) is 89.6 Å². The van der Waals surface area contributed by atoms with Crippen molar-refractivity contribution >= 4 is 11.6 Å². The molecule has 0 spiro atoms. The number of halogens is 3. The van der Waals surface area contributed by atoms with E-state index in [1.54, 1.807) is 18.2 Å². The number of alkyl halides is 2. The molecule has 10 heteroatoms. The lowest BCUT2D eigenvalue weighted by Gasteiger charge is -2.27. The number of rotatable bonds is 12. The first-order valence-corrected chi connectivity index (χ1v) is 11.3. The fourth-order valence-electron chi connectivity index (χ4n) is 3.32. The third-order valence-electron chi connectivity index (χ3n) is 5.40. The molecule has 2 atom stereocenters. The molecule has 0 saturated carbocycles. The Kier molecular flexibility index (Phi) is 8.82. The summed E-state index contributed by atoms with van der Waals surface area (Å²) in [5.41, 5.74) is 1.39. The Bertz CT molecular complexity index is 1060. The van der Waals surface area contributed by atoms with E-state index in [4.69, 9.17) is 21.1 Å². The van der Waals surface area contributed by atoms with Crippen LogP contribution in [0.2, 0.25) is 0 Å². The summed E-state index contributed by atoms with van der Waals surface area (Å²) in [5, 5.41) is 27.0. The van der Waals surface area contributed by atoms with Crippen LogP contribution in [0.4, 0.5) is 8.78 Å². The first-order chi connectivity index (χ1) is 16.2. The van der Waals surface area contributed by atoms with Crippen molar-refractivity contribution in [2.75, 3.05) is 19.1 Å². The third kappa shape index (κ3) is 6.65. The molecule has 184 valence electrons. The molecule has 7 nitrogen and oxygen atoms in total. The predicted molar refractivity (Wildman–Crippen MR) is 124 cm³/mol. The van der Waals surface area contributed by atoms with Crippen molar-refractivity contribution in [2.45, 2.75) is 44.7 Å². The summed E-state index contributed by atoms with van der Waals surface area (Å²) in [4.78, 5) is 0. The van der Waals surface area contributed by atoms with E-state index in [1.807, 2.05) is 26.0 Å². The minimum Gasteiger partial charge on any atom is -0.491 e. The minimum absolute atomic E-state index is 0.00846. The molecule has 0 fully saturated rings. The fourth-order valence-corrected chi connectivity index (χ4v) is 3.41. The number of ether oxygens (including phenoxy) is 2. The van der Waals surface area contributed by atoms with Crippen molar-refractivity contribution in [2.24, 2.45) is 0 Å². The summed E-state index contributed by atoms with van der Waals surface area (Å²) in [6, 6.07) is 12.1. The maximum absolute atomic E-state index is 14.6. The monoisotopic (exact) mass is 494 g/mol. The summed E-state index contributed by atoms with van der Waals surface area (Å²) in [7, 11) is 0. The Hall–Kier alpha value is -2.75. The molecule has 1 aromatic heterocycles. The number of benzene rings is 2. The Morgan fingerprint density at radius 3 is 2.32 bits per heavy atom. The van der Waals surface area contributed by atoms with Gasteiger partial charge in [-0.15, -0.1) is 16.7 Å². The predicted octanol–water partition coefficient (Wildman–Crippen LogP) is 3.63. The quantitative estimate of drug-likeness (QED) is 0.374. The van der Waals surface area contributed by atoms with Crippen molar-refractivity contribution in [1.82, 2.24) is 15.0 Å². The van der Waals surface area contributed by atoms with Crippen LogP contribution in [-0.2, 0) is 18.6 Å². The summed E-state index contributed by atoms with van der Waals surface area (Å²) in [6.07, 6.45) is -0.277. The van der Waals surface area contributed by atoms with Gasteiger partial charge in [0.05, 0.1) is 18.6 Å². The highest BCUT2D eigenvalue weighted by Crippen LogP contribution is 2.34. The van der Waals surface area contributed by atoms with E-state index in [1.165, 1.54) is 23.0 Å². The molecule has 0 amide bonds. The van der Waals surface area contributed by atoms with E-state index in [2.05, 4.69) is 10.3 Å². The van der Waals surface area contributed by atoms with Gasteiger partial charge in [0, 0.05) is 5.41 Å². The van der Waals surface area contributed by atoms with E-state index < -0.39 is 30.1 Å². The largest absolute Gasteiger partial charge is 0.491 e. The lowest BCUT2D eigenvalue weighted by Crippen LogP contribution is -2.24. The molecule has 0 radical (unpaired) electrons. The molecule has 2 aromatic carbocycles. The maximum Gasteiger partial charge on any atom is 0.165 e. The summed E-state index contributed by atoms with van der Waals surface area (Å²) < 4.78 is 39.4. The molecule has 2 N–H and O–H groups in total. The minimum atomic E-state index is -0.865. The van der Waals surface area contributed by atoms with Crippen LogP contribution in [0.15, 0.2) is 48.7 Å². The second-order valence-corrected chi connectivity index (χ2v) is 8.75. The zero-order valence-electron chi connectivity index (χ0n) is 19.0. The first kappa shape index (κ1) is 25.9. The van der Waals surface area contributed by atoms with Gasteiger partial charge in [-0.25, -0.2) is 13.5 Å². The van der Waals surface area contributed by atoms with Crippen LogP contribution in [0, 0.1) is 5.82 Å². The van der Waals surface area contributed by atoms with Crippen molar-refractivity contribution in [3.05, 3.63) is 71.3 Å². The number of nitrogens with zero attached hydrogens (tertiary/aromatic N) is 3. The first-order valence-electron chi connectivity index (χ1n) is 10.8. The maximum atomic E-state index is 14.6. The molecule has 3 aromatic rings. The summed E-state index contributed by atoms with van der Waals surface area (Å²) in [5.74, 6) is 0.105. The Balaban J connectivity index is 1.59. The van der Waals surface area contributed by atoms with Gasteiger partial charge >= 0.3 is 0 Å². The fraction of sp³-hybridized carbons (Fsp3) is 0.417. The van der Waals surface area contributed by atoms with Crippen LogP contribution in [0.25, 0.3) is 0 Å².